The molecule has 0 N–H and O–H groups in total. The van der Waals surface area contributed by atoms with Gasteiger partial charge < -0.3 is 14.2 Å². The first-order chi connectivity index (χ1) is 16.3. The third kappa shape index (κ3) is 5.29. The van der Waals surface area contributed by atoms with E-state index in [-0.39, 0.29) is 11.9 Å². The van der Waals surface area contributed by atoms with Gasteiger partial charge in [-0.3, -0.25) is 4.79 Å². The Balaban J connectivity index is 1.34. The van der Waals surface area contributed by atoms with Crippen LogP contribution in [-0.2, 0) is 16.8 Å². The number of carbonyl (C=O) groups is 1. The number of ether oxygens (including phenoxy) is 1. The predicted molar refractivity (Wildman–Crippen MR) is 128 cm³/mol. The van der Waals surface area contributed by atoms with Crippen LogP contribution in [0.5, 0.6) is 5.75 Å². The molecule has 1 aliphatic heterocycles. The van der Waals surface area contributed by atoms with Gasteiger partial charge in [-0.05, 0) is 44.9 Å². The van der Waals surface area contributed by atoms with E-state index in [4.69, 9.17) is 9.26 Å². The fourth-order valence-electron chi connectivity index (χ4n) is 4.70. The van der Waals surface area contributed by atoms with Crippen LogP contribution in [0, 0.1) is 13.8 Å². The minimum Gasteiger partial charge on any atom is -0.489 e. The van der Waals surface area contributed by atoms with Crippen LogP contribution >= 0.6 is 0 Å². The first-order valence-electron chi connectivity index (χ1n) is 11.9. The van der Waals surface area contributed by atoms with Crippen LogP contribution in [0.3, 0.4) is 0 Å². The van der Waals surface area contributed by atoms with Crippen molar-refractivity contribution in [1.82, 2.24) is 18.7 Å². The van der Waals surface area contributed by atoms with Crippen LogP contribution < -0.4 is 4.74 Å². The third-order valence-electron chi connectivity index (χ3n) is 6.95. The van der Waals surface area contributed by atoms with Crippen molar-refractivity contribution in [3.05, 3.63) is 46.8 Å². The van der Waals surface area contributed by atoms with E-state index in [1.165, 1.54) is 10.7 Å². The Morgan fingerprint density at radius 1 is 1.15 bits per heavy atom. The Labute approximate surface area is 201 Å². The maximum absolute atomic E-state index is 13.1. The number of nitrogens with zero attached hydrogens (tertiary/aromatic N) is 4. The van der Waals surface area contributed by atoms with E-state index in [0.717, 1.165) is 36.9 Å². The summed E-state index contributed by atoms with van der Waals surface area (Å²) in [6.45, 7) is 5.33. The molecule has 4 rings (SSSR count). The summed E-state index contributed by atoms with van der Waals surface area (Å²) in [6.07, 6.45) is 5.17. The third-order valence-corrected chi connectivity index (χ3v) is 8.99. The van der Waals surface area contributed by atoms with Gasteiger partial charge in [0.1, 0.15) is 18.1 Å². The maximum Gasteiger partial charge on any atom is 0.282 e. The lowest BCUT2D eigenvalue weighted by Crippen LogP contribution is -2.55. The summed E-state index contributed by atoms with van der Waals surface area (Å²) in [6, 6.07) is 7.15. The summed E-state index contributed by atoms with van der Waals surface area (Å²) in [4.78, 5) is 14.8. The summed E-state index contributed by atoms with van der Waals surface area (Å²) in [5.41, 5.74) is 2.20. The molecule has 0 bridgehead atoms. The lowest BCUT2D eigenvalue weighted by molar-refractivity contribution is 0.0692. The van der Waals surface area contributed by atoms with Crippen molar-refractivity contribution in [3.8, 4) is 5.75 Å². The number of piperazine rings is 1. The molecule has 1 saturated heterocycles. The van der Waals surface area contributed by atoms with Crippen LogP contribution in [0.2, 0.25) is 0 Å². The largest absolute Gasteiger partial charge is 0.489 e. The molecule has 2 aliphatic rings. The Morgan fingerprint density at radius 3 is 2.50 bits per heavy atom. The monoisotopic (exact) mass is 490 g/mol. The van der Waals surface area contributed by atoms with Crippen molar-refractivity contribution < 1.29 is 22.5 Å². The fourth-order valence-corrected chi connectivity index (χ4v) is 6.28. The number of rotatable bonds is 7. The molecule has 0 spiro atoms. The number of aromatic nitrogens is 1. The standard InChI is InChI=1S/C24H34N4O5S/c1-18-23(19(2)33-25-18)17-32-22-11-7-8-20(16-22)24(29)27-12-14-28(15-13-27)34(30,31)26(3)21-9-5-4-6-10-21/h7-8,11,16,21H,4-6,9-10,12-15,17H2,1-3H3. The number of benzene rings is 1. The van der Waals surface area contributed by atoms with E-state index in [0.29, 0.717) is 49.9 Å². The number of aryl methyl sites for hydroxylation is 2. The molecule has 0 radical (unpaired) electrons. The maximum atomic E-state index is 13.1. The molecular weight excluding hydrogens is 456 g/mol. The first kappa shape index (κ1) is 24.7. The van der Waals surface area contributed by atoms with Gasteiger partial charge in [0.2, 0.25) is 0 Å². The highest BCUT2D eigenvalue weighted by atomic mass is 32.2. The van der Waals surface area contributed by atoms with E-state index >= 15 is 0 Å². The number of hydrogen-bond donors (Lipinski definition) is 0. The molecule has 2 heterocycles. The molecule has 1 saturated carbocycles. The number of hydrogen-bond acceptors (Lipinski definition) is 6. The average Bonchev–Trinajstić information content (AvgIpc) is 3.19. The number of carbonyl (C=O) groups excluding carboxylic acids is 1. The highest BCUT2D eigenvalue weighted by Crippen LogP contribution is 2.26. The van der Waals surface area contributed by atoms with E-state index < -0.39 is 10.2 Å². The Bertz CT molecular complexity index is 1080. The molecule has 1 amide bonds. The van der Waals surface area contributed by atoms with Gasteiger partial charge >= 0.3 is 0 Å². The summed E-state index contributed by atoms with van der Waals surface area (Å²) < 4.78 is 40.3. The molecule has 0 unspecified atom stereocenters. The second kappa shape index (κ2) is 10.5. The molecule has 186 valence electrons. The van der Waals surface area contributed by atoms with Gasteiger partial charge in [-0.25, -0.2) is 0 Å². The summed E-state index contributed by atoms with van der Waals surface area (Å²) >= 11 is 0. The lowest BCUT2D eigenvalue weighted by Gasteiger charge is -2.38. The topological polar surface area (TPSA) is 96.2 Å². The van der Waals surface area contributed by atoms with Crippen LogP contribution in [0.25, 0.3) is 0 Å². The highest BCUT2D eigenvalue weighted by Gasteiger charge is 2.35. The quantitative estimate of drug-likeness (QED) is 0.592. The minimum absolute atomic E-state index is 0.0755. The molecule has 1 aromatic carbocycles. The molecule has 34 heavy (non-hydrogen) atoms. The zero-order valence-electron chi connectivity index (χ0n) is 20.2. The minimum atomic E-state index is -3.52. The molecule has 1 aromatic heterocycles. The normalized spacial score (nSPS) is 18.4. The summed E-state index contributed by atoms with van der Waals surface area (Å²) in [5, 5.41) is 3.93. The molecule has 2 aromatic rings. The zero-order chi connectivity index (χ0) is 24.3. The average molecular weight is 491 g/mol. The van der Waals surface area contributed by atoms with Crippen molar-refractivity contribution in [3.63, 3.8) is 0 Å². The molecule has 0 atom stereocenters. The smallest absolute Gasteiger partial charge is 0.282 e. The number of amides is 1. The zero-order valence-corrected chi connectivity index (χ0v) is 21.0. The van der Waals surface area contributed by atoms with Gasteiger partial charge in [-0.1, -0.05) is 30.5 Å². The fraction of sp³-hybridized carbons (Fsp3) is 0.583. The molecule has 2 fully saturated rings. The second-order valence-electron chi connectivity index (χ2n) is 9.13. The molecule has 10 heteroatoms. The van der Waals surface area contributed by atoms with Crippen molar-refractivity contribution in [2.24, 2.45) is 0 Å². The molecular formula is C24H34N4O5S. The molecule has 1 aliphatic carbocycles. The van der Waals surface area contributed by atoms with Gasteiger partial charge in [0.05, 0.1) is 11.3 Å². The second-order valence-corrected chi connectivity index (χ2v) is 11.1. The van der Waals surface area contributed by atoms with E-state index in [1.807, 2.05) is 13.8 Å². The summed E-state index contributed by atoms with van der Waals surface area (Å²) in [5.74, 6) is 1.17. The van der Waals surface area contributed by atoms with Gasteiger partial charge in [0.25, 0.3) is 16.1 Å². The van der Waals surface area contributed by atoms with Crippen molar-refractivity contribution in [2.75, 3.05) is 33.2 Å². The summed E-state index contributed by atoms with van der Waals surface area (Å²) in [7, 11) is -1.83. The van der Waals surface area contributed by atoms with Gasteiger partial charge in [0.15, 0.2) is 0 Å². The van der Waals surface area contributed by atoms with E-state index in [1.54, 1.807) is 40.5 Å². The van der Waals surface area contributed by atoms with E-state index in [2.05, 4.69) is 5.16 Å². The van der Waals surface area contributed by atoms with Gasteiger partial charge in [-0.2, -0.15) is 17.0 Å². The predicted octanol–water partition coefficient (Wildman–Crippen LogP) is 3.14. The Hall–Kier alpha value is -2.43. The van der Waals surface area contributed by atoms with Gasteiger partial charge in [-0.15, -0.1) is 0 Å². The van der Waals surface area contributed by atoms with Crippen molar-refractivity contribution >= 4 is 16.1 Å². The van der Waals surface area contributed by atoms with Crippen molar-refractivity contribution in [2.45, 2.75) is 58.6 Å². The van der Waals surface area contributed by atoms with E-state index in [9.17, 15) is 13.2 Å². The Morgan fingerprint density at radius 2 is 1.85 bits per heavy atom. The van der Waals surface area contributed by atoms with Crippen LogP contribution in [0.4, 0.5) is 0 Å². The van der Waals surface area contributed by atoms with Crippen molar-refractivity contribution in [1.29, 1.82) is 0 Å². The van der Waals surface area contributed by atoms with Crippen LogP contribution in [0.1, 0.15) is 59.5 Å². The SMILES string of the molecule is Cc1noc(C)c1COc1cccc(C(=O)N2CCN(S(=O)(=O)N(C)C3CCCCC3)CC2)c1. The van der Waals surface area contributed by atoms with Crippen LogP contribution in [-0.4, -0.2) is 72.3 Å². The lowest BCUT2D eigenvalue weighted by atomic mass is 9.96. The van der Waals surface area contributed by atoms with Gasteiger partial charge in [0, 0.05) is 44.8 Å². The van der Waals surface area contributed by atoms with Crippen LogP contribution in [0.15, 0.2) is 28.8 Å². The highest BCUT2D eigenvalue weighted by molar-refractivity contribution is 7.86. The molecule has 9 nitrogen and oxygen atoms in total. The Kier molecular flexibility index (Phi) is 7.59. The first-order valence-corrected chi connectivity index (χ1v) is 13.3.